The van der Waals surface area contributed by atoms with E-state index in [9.17, 15) is 9.59 Å². The lowest BCUT2D eigenvalue weighted by molar-refractivity contribution is -0.123. The maximum Gasteiger partial charge on any atom is 0.336 e. The molecule has 23 heavy (non-hydrogen) atoms. The summed E-state index contributed by atoms with van der Waals surface area (Å²) in [6.45, 7) is 0.698. The van der Waals surface area contributed by atoms with Crippen LogP contribution in [0.15, 0.2) is 39.5 Å². The summed E-state index contributed by atoms with van der Waals surface area (Å²) in [5, 5.41) is 3.75. The number of amides is 1. The number of carbonyl (C=O) groups is 1. The Kier molecular flexibility index (Phi) is 4.95. The molecule has 0 unspecified atom stereocenters. The Labute approximate surface area is 134 Å². The van der Waals surface area contributed by atoms with Gasteiger partial charge in [0, 0.05) is 24.1 Å². The highest BCUT2D eigenvalue weighted by atomic mass is 16.5. The highest BCUT2D eigenvalue weighted by Crippen LogP contribution is 2.23. The van der Waals surface area contributed by atoms with Crippen molar-refractivity contribution in [3.8, 4) is 5.75 Å². The fraction of sp³-hybridized carbons (Fsp3) is 0.444. The third kappa shape index (κ3) is 4.34. The van der Waals surface area contributed by atoms with Crippen LogP contribution in [-0.4, -0.2) is 19.1 Å². The largest absolute Gasteiger partial charge is 0.484 e. The van der Waals surface area contributed by atoms with Gasteiger partial charge in [-0.1, -0.05) is 19.3 Å². The molecular weight excluding hydrogens is 294 g/mol. The summed E-state index contributed by atoms with van der Waals surface area (Å²) >= 11 is 0. The number of carbonyl (C=O) groups excluding carboxylic acids is 1. The molecule has 1 saturated carbocycles. The monoisotopic (exact) mass is 315 g/mol. The van der Waals surface area contributed by atoms with E-state index in [4.69, 9.17) is 9.15 Å². The van der Waals surface area contributed by atoms with Gasteiger partial charge in [0.25, 0.3) is 5.91 Å². The lowest BCUT2D eigenvalue weighted by Crippen LogP contribution is -2.33. The first kappa shape index (κ1) is 15.6. The third-order valence-electron chi connectivity index (χ3n) is 4.28. The van der Waals surface area contributed by atoms with Gasteiger partial charge in [-0.2, -0.15) is 0 Å². The van der Waals surface area contributed by atoms with Crippen molar-refractivity contribution >= 4 is 16.9 Å². The number of ether oxygens (including phenoxy) is 1. The zero-order valence-electron chi connectivity index (χ0n) is 13.0. The smallest absolute Gasteiger partial charge is 0.336 e. The second kappa shape index (κ2) is 7.31. The van der Waals surface area contributed by atoms with E-state index in [1.807, 2.05) is 0 Å². The molecule has 2 aromatic rings. The minimum absolute atomic E-state index is 0.0324. The van der Waals surface area contributed by atoms with E-state index in [0.717, 1.165) is 11.9 Å². The molecule has 0 saturated heterocycles. The second-order valence-electron chi connectivity index (χ2n) is 6.05. The van der Waals surface area contributed by atoms with E-state index < -0.39 is 5.63 Å². The summed E-state index contributed by atoms with van der Waals surface area (Å²) in [5.74, 6) is 0.993. The lowest BCUT2D eigenvalue weighted by Gasteiger charge is -2.21. The number of hydrogen-bond acceptors (Lipinski definition) is 4. The van der Waals surface area contributed by atoms with Gasteiger partial charge < -0.3 is 14.5 Å². The molecule has 0 atom stereocenters. The van der Waals surface area contributed by atoms with E-state index in [0.29, 0.717) is 17.3 Å². The van der Waals surface area contributed by atoms with Crippen LogP contribution in [0.25, 0.3) is 11.0 Å². The highest BCUT2D eigenvalue weighted by Gasteiger charge is 2.14. The predicted molar refractivity (Wildman–Crippen MR) is 87.6 cm³/mol. The van der Waals surface area contributed by atoms with E-state index in [1.54, 1.807) is 24.3 Å². The summed E-state index contributed by atoms with van der Waals surface area (Å²) < 4.78 is 10.6. The van der Waals surface area contributed by atoms with E-state index in [1.165, 1.54) is 38.2 Å². The molecular formula is C18H21NO4. The average Bonchev–Trinajstić information content (AvgIpc) is 2.58. The van der Waals surface area contributed by atoms with Crippen molar-refractivity contribution < 1.29 is 13.9 Å². The highest BCUT2D eigenvalue weighted by molar-refractivity contribution is 5.79. The van der Waals surface area contributed by atoms with Crippen molar-refractivity contribution in [3.63, 3.8) is 0 Å². The molecule has 0 spiro atoms. The molecule has 5 heteroatoms. The molecule has 3 rings (SSSR count). The zero-order chi connectivity index (χ0) is 16.1. The minimum atomic E-state index is -0.403. The summed E-state index contributed by atoms with van der Waals surface area (Å²) in [7, 11) is 0. The van der Waals surface area contributed by atoms with Crippen molar-refractivity contribution in [3.05, 3.63) is 40.8 Å². The lowest BCUT2D eigenvalue weighted by atomic mass is 9.89. The first-order valence-electron chi connectivity index (χ1n) is 8.14. The summed E-state index contributed by atoms with van der Waals surface area (Å²) in [5.41, 5.74) is 0.0532. The number of benzene rings is 1. The van der Waals surface area contributed by atoms with Crippen molar-refractivity contribution in [1.82, 2.24) is 5.32 Å². The van der Waals surface area contributed by atoms with Gasteiger partial charge in [-0.05, 0) is 37.0 Å². The Morgan fingerprint density at radius 3 is 2.78 bits per heavy atom. The number of fused-ring (bicyclic) bond motifs is 1. The number of nitrogens with one attached hydrogen (secondary N) is 1. The Balaban J connectivity index is 1.51. The predicted octanol–water partition coefficient (Wildman–Crippen LogP) is 2.87. The van der Waals surface area contributed by atoms with Crippen molar-refractivity contribution in [2.45, 2.75) is 32.1 Å². The van der Waals surface area contributed by atoms with E-state index in [-0.39, 0.29) is 12.5 Å². The maximum atomic E-state index is 11.9. The van der Waals surface area contributed by atoms with Gasteiger partial charge in [-0.3, -0.25) is 4.79 Å². The van der Waals surface area contributed by atoms with Gasteiger partial charge in [-0.25, -0.2) is 4.79 Å². The molecule has 0 radical (unpaired) electrons. The molecule has 1 heterocycles. The first-order chi connectivity index (χ1) is 11.2. The van der Waals surface area contributed by atoms with Crippen LogP contribution in [0.4, 0.5) is 0 Å². The summed E-state index contributed by atoms with van der Waals surface area (Å²) in [6, 6.07) is 8.26. The van der Waals surface area contributed by atoms with Crippen LogP contribution in [0.5, 0.6) is 5.75 Å². The van der Waals surface area contributed by atoms with Crippen molar-refractivity contribution in [1.29, 1.82) is 0 Å². The van der Waals surface area contributed by atoms with Gasteiger partial charge in [-0.15, -0.1) is 0 Å². The molecule has 1 aliphatic carbocycles. The van der Waals surface area contributed by atoms with Gasteiger partial charge in [0.05, 0.1) is 0 Å². The molecule has 1 amide bonds. The number of hydrogen-bond donors (Lipinski definition) is 1. The van der Waals surface area contributed by atoms with Crippen LogP contribution in [0.1, 0.15) is 32.1 Å². The van der Waals surface area contributed by atoms with Crippen LogP contribution in [-0.2, 0) is 4.79 Å². The van der Waals surface area contributed by atoms with Gasteiger partial charge in [0.2, 0.25) is 0 Å². The van der Waals surface area contributed by atoms with Crippen LogP contribution in [0, 0.1) is 5.92 Å². The maximum absolute atomic E-state index is 11.9. The minimum Gasteiger partial charge on any atom is -0.484 e. The van der Waals surface area contributed by atoms with Crippen molar-refractivity contribution in [2.24, 2.45) is 5.92 Å². The van der Waals surface area contributed by atoms with Gasteiger partial charge in [0.15, 0.2) is 6.61 Å². The van der Waals surface area contributed by atoms with Gasteiger partial charge >= 0.3 is 5.63 Å². The fourth-order valence-electron chi connectivity index (χ4n) is 2.98. The summed E-state index contributed by atoms with van der Waals surface area (Å²) in [6.07, 6.45) is 6.24. The van der Waals surface area contributed by atoms with Crippen LogP contribution < -0.4 is 15.7 Å². The topological polar surface area (TPSA) is 68.5 Å². The van der Waals surface area contributed by atoms with Crippen LogP contribution in [0.2, 0.25) is 0 Å². The van der Waals surface area contributed by atoms with Crippen LogP contribution in [0.3, 0.4) is 0 Å². The second-order valence-corrected chi connectivity index (χ2v) is 6.05. The average molecular weight is 315 g/mol. The molecule has 1 N–H and O–H groups in total. The molecule has 122 valence electrons. The van der Waals surface area contributed by atoms with E-state index in [2.05, 4.69) is 5.32 Å². The normalized spacial score (nSPS) is 15.5. The molecule has 1 aromatic heterocycles. The Morgan fingerprint density at radius 2 is 1.96 bits per heavy atom. The Bertz CT molecular complexity index is 731. The first-order valence-corrected chi connectivity index (χ1v) is 8.14. The van der Waals surface area contributed by atoms with Gasteiger partial charge in [0.1, 0.15) is 11.3 Å². The van der Waals surface area contributed by atoms with Crippen LogP contribution >= 0.6 is 0 Å². The molecule has 0 aliphatic heterocycles. The standard InChI is InChI=1S/C18H21NO4/c20-17(19-11-13-4-2-1-3-5-13)12-22-15-8-6-14-7-9-18(21)23-16(14)10-15/h6-10,13H,1-5,11-12H2,(H,19,20). The molecule has 0 bridgehead atoms. The molecule has 1 aromatic carbocycles. The third-order valence-corrected chi connectivity index (χ3v) is 4.28. The van der Waals surface area contributed by atoms with Crippen molar-refractivity contribution in [2.75, 3.05) is 13.2 Å². The van der Waals surface area contributed by atoms with E-state index >= 15 is 0 Å². The molecule has 1 fully saturated rings. The quantitative estimate of drug-likeness (QED) is 0.862. The Hall–Kier alpha value is -2.30. The summed E-state index contributed by atoms with van der Waals surface area (Å²) in [4.78, 5) is 23.1. The SMILES string of the molecule is O=C(COc1ccc2ccc(=O)oc2c1)NCC1CCCCC1. The molecule has 1 aliphatic rings. The fourth-order valence-corrected chi connectivity index (χ4v) is 2.98. The zero-order valence-corrected chi connectivity index (χ0v) is 13.0. The number of rotatable bonds is 5. The Morgan fingerprint density at radius 1 is 1.17 bits per heavy atom. The molecule has 5 nitrogen and oxygen atoms in total.